The van der Waals surface area contributed by atoms with Crippen LogP contribution < -0.4 is 0 Å². The number of Topliss-reactive ketones (excluding diaryl/α,β-unsaturated/α-hetero) is 1. The molecule has 0 unspecified atom stereocenters. The zero-order chi connectivity index (χ0) is 22.2. The highest BCUT2D eigenvalue weighted by Crippen LogP contribution is 2.41. The molecular formula is C20H22O10. The van der Waals surface area contributed by atoms with Crippen LogP contribution in [0.15, 0.2) is 30.3 Å². The second-order valence-corrected chi connectivity index (χ2v) is 7.10. The van der Waals surface area contributed by atoms with Crippen LogP contribution in [0.5, 0.6) is 23.0 Å². The third-order valence-electron chi connectivity index (χ3n) is 5.02. The molecule has 2 aromatic carbocycles. The summed E-state index contributed by atoms with van der Waals surface area (Å²) in [5, 5.41) is 79.4. The van der Waals surface area contributed by atoms with Crippen LogP contribution in [0.4, 0.5) is 0 Å². The van der Waals surface area contributed by atoms with Crippen LogP contribution in [0.3, 0.4) is 0 Å². The zero-order valence-corrected chi connectivity index (χ0v) is 15.6. The second-order valence-electron chi connectivity index (χ2n) is 7.10. The van der Waals surface area contributed by atoms with Gasteiger partial charge in [0.15, 0.2) is 17.3 Å². The maximum atomic E-state index is 12.7. The molecule has 0 radical (unpaired) electrons. The third-order valence-corrected chi connectivity index (χ3v) is 5.02. The lowest BCUT2D eigenvalue weighted by atomic mass is 9.90. The molecule has 162 valence electrons. The van der Waals surface area contributed by atoms with E-state index in [1.165, 1.54) is 18.2 Å². The quantitative estimate of drug-likeness (QED) is 0.229. The summed E-state index contributed by atoms with van der Waals surface area (Å²) in [5.41, 5.74) is -0.392. The molecule has 10 nitrogen and oxygen atoms in total. The number of phenols is 4. The molecule has 1 saturated heterocycles. The molecular weight excluding hydrogens is 400 g/mol. The molecule has 0 spiro atoms. The lowest BCUT2D eigenvalue weighted by Crippen LogP contribution is -2.49. The number of aliphatic hydroxyl groups excluding tert-OH is 4. The standard InChI is InChI=1S/C20H22O10/c21-10-3-1-8(5-12(10)23)6-13(24)16(26)9-2-4-11(22)15(17(9)27)20-19(29)18(28)14(25)7-30-20/h1-5,13-14,18-25,27-29H,6-7H2/t13-,14-,18+,19-,20+/m1/s1. The van der Waals surface area contributed by atoms with Crippen molar-refractivity contribution in [2.75, 3.05) is 6.61 Å². The number of ether oxygens (including phenoxy) is 1. The molecule has 2 aromatic rings. The molecule has 1 aliphatic heterocycles. The Morgan fingerprint density at radius 1 is 0.967 bits per heavy atom. The topological polar surface area (TPSA) is 188 Å². The van der Waals surface area contributed by atoms with Crippen molar-refractivity contribution in [3.63, 3.8) is 0 Å². The van der Waals surface area contributed by atoms with E-state index >= 15 is 0 Å². The molecule has 1 fully saturated rings. The fourth-order valence-corrected chi connectivity index (χ4v) is 3.33. The normalized spacial score (nSPS) is 25.1. The number of ketones is 1. The van der Waals surface area contributed by atoms with Crippen molar-refractivity contribution in [2.45, 2.75) is 36.9 Å². The Hall–Kier alpha value is -2.89. The molecule has 10 heteroatoms. The number of aromatic hydroxyl groups is 4. The van der Waals surface area contributed by atoms with E-state index in [1.807, 2.05) is 0 Å². The van der Waals surface area contributed by atoms with Crippen LogP contribution in [-0.2, 0) is 11.2 Å². The number of carbonyl (C=O) groups excluding carboxylic acids is 1. The first kappa shape index (κ1) is 21.8. The van der Waals surface area contributed by atoms with Gasteiger partial charge in [0.2, 0.25) is 0 Å². The smallest absolute Gasteiger partial charge is 0.195 e. The van der Waals surface area contributed by atoms with E-state index in [-0.39, 0.29) is 29.9 Å². The number of hydrogen-bond acceptors (Lipinski definition) is 10. The lowest BCUT2D eigenvalue weighted by Gasteiger charge is -2.36. The van der Waals surface area contributed by atoms with Gasteiger partial charge in [-0.05, 0) is 29.8 Å². The van der Waals surface area contributed by atoms with Crippen LogP contribution >= 0.6 is 0 Å². The minimum atomic E-state index is -1.69. The summed E-state index contributed by atoms with van der Waals surface area (Å²) >= 11 is 0. The number of carbonyl (C=O) groups is 1. The maximum absolute atomic E-state index is 12.7. The van der Waals surface area contributed by atoms with E-state index < -0.39 is 53.6 Å². The number of phenolic OH excluding ortho intramolecular Hbond substituents is 4. The monoisotopic (exact) mass is 422 g/mol. The Morgan fingerprint density at radius 2 is 1.63 bits per heavy atom. The highest BCUT2D eigenvalue weighted by atomic mass is 16.5. The van der Waals surface area contributed by atoms with Gasteiger partial charge in [0.25, 0.3) is 0 Å². The average Bonchev–Trinajstić information content (AvgIpc) is 2.70. The molecule has 0 aromatic heterocycles. The van der Waals surface area contributed by atoms with Gasteiger partial charge < -0.3 is 45.6 Å². The Labute approximate surface area is 170 Å². The molecule has 8 N–H and O–H groups in total. The van der Waals surface area contributed by atoms with Crippen molar-refractivity contribution in [1.29, 1.82) is 0 Å². The summed E-state index contributed by atoms with van der Waals surface area (Å²) in [6.45, 7) is -0.382. The van der Waals surface area contributed by atoms with Gasteiger partial charge in [-0.1, -0.05) is 6.07 Å². The molecule has 3 rings (SSSR count). The second kappa shape index (κ2) is 8.46. The predicted octanol–water partition coefficient (Wildman–Crippen LogP) is -0.551. The Kier molecular flexibility index (Phi) is 6.15. The number of benzene rings is 2. The van der Waals surface area contributed by atoms with Gasteiger partial charge in [0, 0.05) is 6.42 Å². The summed E-state index contributed by atoms with van der Waals surface area (Å²) in [7, 11) is 0. The van der Waals surface area contributed by atoms with Crippen molar-refractivity contribution in [3.05, 3.63) is 47.0 Å². The SMILES string of the molecule is O=C(c1ccc(O)c([C@@H]2OC[C@@H](O)[C@H](O)[C@H]2O)c1O)[C@H](O)Cc1ccc(O)c(O)c1. The van der Waals surface area contributed by atoms with Crippen LogP contribution in [-0.4, -0.2) is 77.7 Å². The van der Waals surface area contributed by atoms with Crippen LogP contribution in [0.2, 0.25) is 0 Å². The van der Waals surface area contributed by atoms with Crippen LogP contribution in [0.1, 0.15) is 27.6 Å². The van der Waals surface area contributed by atoms with E-state index in [2.05, 4.69) is 0 Å². The third kappa shape index (κ3) is 4.04. The first-order valence-electron chi connectivity index (χ1n) is 9.05. The zero-order valence-electron chi connectivity index (χ0n) is 15.6. The minimum Gasteiger partial charge on any atom is -0.507 e. The average molecular weight is 422 g/mol. The van der Waals surface area contributed by atoms with Gasteiger partial charge in [-0.2, -0.15) is 0 Å². The molecule has 0 aliphatic carbocycles. The fraction of sp³-hybridized carbons (Fsp3) is 0.350. The van der Waals surface area contributed by atoms with E-state index in [1.54, 1.807) is 0 Å². The van der Waals surface area contributed by atoms with Gasteiger partial charge in [-0.3, -0.25) is 4.79 Å². The lowest BCUT2D eigenvalue weighted by molar-refractivity contribution is -0.189. The highest BCUT2D eigenvalue weighted by molar-refractivity contribution is 6.02. The number of aliphatic hydroxyl groups is 4. The van der Waals surface area contributed by atoms with E-state index in [0.717, 1.165) is 12.1 Å². The van der Waals surface area contributed by atoms with E-state index in [9.17, 15) is 45.6 Å². The Bertz CT molecular complexity index is 943. The first-order valence-corrected chi connectivity index (χ1v) is 9.05. The van der Waals surface area contributed by atoms with Gasteiger partial charge in [-0.25, -0.2) is 0 Å². The largest absolute Gasteiger partial charge is 0.507 e. The van der Waals surface area contributed by atoms with Gasteiger partial charge in [0.05, 0.1) is 17.7 Å². The molecule has 30 heavy (non-hydrogen) atoms. The summed E-state index contributed by atoms with van der Waals surface area (Å²) in [5.74, 6) is -2.97. The van der Waals surface area contributed by atoms with E-state index in [4.69, 9.17) is 4.74 Å². The van der Waals surface area contributed by atoms with Crippen LogP contribution in [0.25, 0.3) is 0 Å². The predicted molar refractivity (Wildman–Crippen MR) is 100 cm³/mol. The summed E-state index contributed by atoms with van der Waals surface area (Å²) in [6.07, 6.45) is -7.97. The molecule has 0 saturated carbocycles. The summed E-state index contributed by atoms with van der Waals surface area (Å²) in [4.78, 5) is 12.7. The Balaban J connectivity index is 1.88. The first-order chi connectivity index (χ1) is 14.1. The van der Waals surface area contributed by atoms with Crippen molar-refractivity contribution in [3.8, 4) is 23.0 Å². The molecule has 0 amide bonds. The van der Waals surface area contributed by atoms with Gasteiger partial charge >= 0.3 is 0 Å². The fourth-order valence-electron chi connectivity index (χ4n) is 3.33. The highest BCUT2D eigenvalue weighted by Gasteiger charge is 2.41. The maximum Gasteiger partial charge on any atom is 0.195 e. The van der Waals surface area contributed by atoms with Gasteiger partial charge in [0.1, 0.15) is 42.0 Å². The molecule has 1 heterocycles. The van der Waals surface area contributed by atoms with Gasteiger partial charge in [-0.15, -0.1) is 0 Å². The number of hydrogen-bond donors (Lipinski definition) is 8. The van der Waals surface area contributed by atoms with Crippen molar-refractivity contribution < 1.29 is 50.4 Å². The number of rotatable bonds is 5. The summed E-state index contributed by atoms with van der Waals surface area (Å²) in [6, 6.07) is 5.91. The van der Waals surface area contributed by atoms with Crippen molar-refractivity contribution in [1.82, 2.24) is 0 Å². The minimum absolute atomic E-state index is 0.240. The van der Waals surface area contributed by atoms with E-state index in [0.29, 0.717) is 5.56 Å². The Morgan fingerprint density at radius 3 is 2.30 bits per heavy atom. The van der Waals surface area contributed by atoms with Crippen molar-refractivity contribution >= 4 is 5.78 Å². The molecule has 0 bridgehead atoms. The summed E-state index contributed by atoms with van der Waals surface area (Å²) < 4.78 is 5.23. The van der Waals surface area contributed by atoms with Crippen molar-refractivity contribution in [2.24, 2.45) is 0 Å². The molecule has 5 atom stereocenters. The van der Waals surface area contributed by atoms with Crippen LogP contribution in [0, 0.1) is 0 Å². The molecule has 1 aliphatic rings.